The van der Waals surface area contributed by atoms with Gasteiger partial charge in [-0.15, -0.1) is 0 Å². The van der Waals surface area contributed by atoms with Crippen molar-refractivity contribution in [3.63, 3.8) is 0 Å². The number of halogens is 1. The number of hydrogen-bond acceptors (Lipinski definition) is 3. The molecule has 3 rings (SSSR count). The molecule has 0 radical (unpaired) electrons. The Bertz CT molecular complexity index is 655. The molecule has 0 spiro atoms. The first-order chi connectivity index (χ1) is 10.1. The molecule has 6 heteroatoms. The van der Waals surface area contributed by atoms with E-state index >= 15 is 0 Å². The first-order valence-corrected chi connectivity index (χ1v) is 7.68. The highest BCUT2D eigenvalue weighted by Crippen LogP contribution is 2.27. The quantitative estimate of drug-likeness (QED) is 0.920. The van der Waals surface area contributed by atoms with E-state index in [1.54, 1.807) is 6.20 Å². The van der Waals surface area contributed by atoms with Gasteiger partial charge in [0, 0.05) is 37.4 Å². The minimum atomic E-state index is -0.258. The standard InChI is InChI=1S/C15H17BrN4O/c1-19-13(5-6-18-19)10-20-8-7-17-15(21)14(20)11-3-2-4-12(16)9-11/h2-6,9,14H,7-8,10H2,1H3,(H,17,21)/t14-/m1/s1. The lowest BCUT2D eigenvalue weighted by molar-refractivity contribution is -0.129. The fourth-order valence-corrected chi connectivity index (χ4v) is 3.10. The molecular formula is C15H17BrN4O. The second-order valence-electron chi connectivity index (χ2n) is 5.17. The molecule has 1 aliphatic heterocycles. The van der Waals surface area contributed by atoms with Crippen LogP contribution in [0.2, 0.25) is 0 Å². The molecule has 1 aliphatic rings. The number of nitrogens with zero attached hydrogens (tertiary/aromatic N) is 3. The van der Waals surface area contributed by atoms with E-state index in [0.29, 0.717) is 13.1 Å². The van der Waals surface area contributed by atoms with Crippen LogP contribution >= 0.6 is 15.9 Å². The molecule has 1 atom stereocenters. The summed E-state index contributed by atoms with van der Waals surface area (Å²) in [5, 5.41) is 7.15. The number of nitrogens with one attached hydrogen (secondary N) is 1. The zero-order chi connectivity index (χ0) is 14.8. The van der Waals surface area contributed by atoms with Crippen LogP contribution in [0.3, 0.4) is 0 Å². The molecule has 0 aliphatic carbocycles. The fourth-order valence-electron chi connectivity index (χ4n) is 2.69. The molecule has 0 unspecified atom stereocenters. The molecule has 0 bridgehead atoms. The Hall–Kier alpha value is -1.66. The Kier molecular flexibility index (Phi) is 4.07. The van der Waals surface area contributed by atoms with Crippen molar-refractivity contribution in [2.45, 2.75) is 12.6 Å². The van der Waals surface area contributed by atoms with Crippen LogP contribution in [0.1, 0.15) is 17.3 Å². The zero-order valence-corrected chi connectivity index (χ0v) is 13.4. The maximum atomic E-state index is 12.3. The monoisotopic (exact) mass is 348 g/mol. The molecule has 1 aromatic carbocycles. The van der Waals surface area contributed by atoms with Gasteiger partial charge in [-0.25, -0.2) is 0 Å². The summed E-state index contributed by atoms with van der Waals surface area (Å²) >= 11 is 3.48. The lowest BCUT2D eigenvalue weighted by Gasteiger charge is -2.35. The molecule has 5 nitrogen and oxygen atoms in total. The first-order valence-electron chi connectivity index (χ1n) is 6.89. The number of piperazine rings is 1. The van der Waals surface area contributed by atoms with Crippen molar-refractivity contribution < 1.29 is 4.79 Å². The highest BCUT2D eigenvalue weighted by Gasteiger charge is 2.31. The van der Waals surface area contributed by atoms with E-state index in [0.717, 1.165) is 22.3 Å². The summed E-state index contributed by atoms with van der Waals surface area (Å²) in [5.41, 5.74) is 2.11. The van der Waals surface area contributed by atoms with Crippen LogP contribution in [-0.4, -0.2) is 33.7 Å². The van der Waals surface area contributed by atoms with Gasteiger partial charge in [0.2, 0.25) is 5.91 Å². The third-order valence-corrected chi connectivity index (χ3v) is 4.26. The minimum Gasteiger partial charge on any atom is -0.353 e. The average Bonchev–Trinajstić information content (AvgIpc) is 2.84. The lowest BCUT2D eigenvalue weighted by Crippen LogP contribution is -2.49. The van der Waals surface area contributed by atoms with Gasteiger partial charge in [0.1, 0.15) is 6.04 Å². The van der Waals surface area contributed by atoms with Crippen molar-refractivity contribution in [3.05, 3.63) is 52.3 Å². The van der Waals surface area contributed by atoms with Gasteiger partial charge in [0.25, 0.3) is 0 Å². The number of benzene rings is 1. The largest absolute Gasteiger partial charge is 0.353 e. The summed E-state index contributed by atoms with van der Waals surface area (Å²) in [7, 11) is 1.92. The van der Waals surface area contributed by atoms with Crippen LogP contribution in [0.5, 0.6) is 0 Å². The normalized spacial score (nSPS) is 19.5. The van der Waals surface area contributed by atoms with Crippen molar-refractivity contribution in [2.75, 3.05) is 13.1 Å². The Labute approximate surface area is 132 Å². The number of carbonyl (C=O) groups excluding carboxylic acids is 1. The van der Waals surface area contributed by atoms with Gasteiger partial charge in [-0.2, -0.15) is 5.10 Å². The van der Waals surface area contributed by atoms with Crippen LogP contribution in [0, 0.1) is 0 Å². The van der Waals surface area contributed by atoms with Gasteiger partial charge in [0.15, 0.2) is 0 Å². The molecule has 2 heterocycles. The van der Waals surface area contributed by atoms with Crippen molar-refractivity contribution >= 4 is 21.8 Å². The molecule has 1 N–H and O–H groups in total. The third kappa shape index (κ3) is 3.01. The second kappa shape index (κ2) is 5.99. The minimum absolute atomic E-state index is 0.0570. The highest BCUT2D eigenvalue weighted by molar-refractivity contribution is 9.10. The number of rotatable bonds is 3. The average molecular weight is 349 g/mol. The van der Waals surface area contributed by atoms with E-state index < -0.39 is 0 Å². The smallest absolute Gasteiger partial charge is 0.242 e. The first kappa shape index (κ1) is 14.3. The molecule has 110 valence electrons. The van der Waals surface area contributed by atoms with Crippen LogP contribution in [0.25, 0.3) is 0 Å². The molecule has 1 fully saturated rings. The summed E-state index contributed by atoms with van der Waals surface area (Å²) in [6.07, 6.45) is 1.79. The lowest BCUT2D eigenvalue weighted by atomic mass is 10.0. The van der Waals surface area contributed by atoms with Crippen molar-refractivity contribution in [1.82, 2.24) is 20.0 Å². The Morgan fingerprint density at radius 1 is 1.43 bits per heavy atom. The van der Waals surface area contributed by atoms with E-state index in [1.807, 2.05) is 42.1 Å². The van der Waals surface area contributed by atoms with Gasteiger partial charge in [-0.1, -0.05) is 28.1 Å². The van der Waals surface area contributed by atoms with Crippen molar-refractivity contribution in [2.24, 2.45) is 7.05 Å². The SMILES string of the molecule is Cn1nccc1CN1CCNC(=O)[C@H]1c1cccc(Br)c1. The van der Waals surface area contributed by atoms with E-state index in [1.165, 1.54) is 0 Å². The number of carbonyl (C=O) groups is 1. The molecule has 1 amide bonds. The van der Waals surface area contributed by atoms with Crippen LogP contribution < -0.4 is 5.32 Å². The summed E-state index contributed by atoms with van der Waals surface area (Å²) in [5.74, 6) is 0.0570. The number of hydrogen-bond donors (Lipinski definition) is 1. The third-order valence-electron chi connectivity index (χ3n) is 3.76. The number of aryl methyl sites for hydroxylation is 1. The number of amides is 1. The van der Waals surface area contributed by atoms with Gasteiger partial charge < -0.3 is 5.32 Å². The Morgan fingerprint density at radius 3 is 3.00 bits per heavy atom. The van der Waals surface area contributed by atoms with Crippen molar-refractivity contribution in [3.8, 4) is 0 Å². The summed E-state index contributed by atoms with van der Waals surface area (Å²) in [6.45, 7) is 2.22. The van der Waals surface area contributed by atoms with E-state index in [-0.39, 0.29) is 11.9 Å². The molecule has 0 saturated carbocycles. The number of aromatic nitrogens is 2. The molecule has 2 aromatic rings. The zero-order valence-electron chi connectivity index (χ0n) is 11.8. The van der Waals surface area contributed by atoms with Crippen LogP contribution in [-0.2, 0) is 18.4 Å². The molecule has 1 saturated heterocycles. The van der Waals surface area contributed by atoms with Crippen LogP contribution in [0.4, 0.5) is 0 Å². The molecular weight excluding hydrogens is 332 g/mol. The molecule has 1 aromatic heterocycles. The van der Waals surface area contributed by atoms with E-state index in [4.69, 9.17) is 0 Å². The fraction of sp³-hybridized carbons (Fsp3) is 0.333. The predicted octanol–water partition coefficient (Wildman–Crippen LogP) is 1.86. The summed E-state index contributed by atoms with van der Waals surface area (Å²) < 4.78 is 2.84. The van der Waals surface area contributed by atoms with Gasteiger partial charge in [-0.3, -0.25) is 14.4 Å². The maximum Gasteiger partial charge on any atom is 0.242 e. The molecule has 21 heavy (non-hydrogen) atoms. The van der Waals surface area contributed by atoms with E-state index in [2.05, 4.69) is 31.2 Å². The predicted molar refractivity (Wildman–Crippen MR) is 83.5 cm³/mol. The topological polar surface area (TPSA) is 50.2 Å². The maximum absolute atomic E-state index is 12.3. The Morgan fingerprint density at radius 2 is 2.29 bits per heavy atom. The van der Waals surface area contributed by atoms with Gasteiger partial charge in [0.05, 0.1) is 5.69 Å². The van der Waals surface area contributed by atoms with Crippen LogP contribution in [0.15, 0.2) is 41.0 Å². The van der Waals surface area contributed by atoms with Gasteiger partial charge >= 0.3 is 0 Å². The van der Waals surface area contributed by atoms with Crippen molar-refractivity contribution in [1.29, 1.82) is 0 Å². The second-order valence-corrected chi connectivity index (χ2v) is 6.08. The summed E-state index contributed by atoms with van der Waals surface area (Å²) in [6, 6.07) is 9.66. The Balaban J connectivity index is 1.90. The van der Waals surface area contributed by atoms with E-state index in [9.17, 15) is 4.79 Å². The van der Waals surface area contributed by atoms with Gasteiger partial charge in [-0.05, 0) is 23.8 Å². The highest BCUT2D eigenvalue weighted by atomic mass is 79.9. The summed E-state index contributed by atoms with van der Waals surface area (Å²) in [4.78, 5) is 14.5.